The molecule has 1 amide bonds. The Morgan fingerprint density at radius 1 is 0.971 bits per heavy atom. The Bertz CT molecular complexity index is 1600. The van der Waals surface area contributed by atoms with Crippen molar-refractivity contribution < 1.29 is 14.3 Å². The summed E-state index contributed by atoms with van der Waals surface area (Å²) in [6, 6.07) is 20.5. The van der Waals surface area contributed by atoms with E-state index in [4.69, 9.17) is 9.47 Å². The molecule has 0 aliphatic carbocycles. The van der Waals surface area contributed by atoms with E-state index in [9.17, 15) is 9.59 Å². The average Bonchev–Trinajstić information content (AvgIpc) is 3.55. The Hall–Kier alpha value is -4.59. The number of hydrogen-bond donors (Lipinski definition) is 1. The molecule has 0 bridgehead atoms. The van der Waals surface area contributed by atoms with Gasteiger partial charge in [-0.25, -0.2) is 4.98 Å². The van der Waals surface area contributed by atoms with Crippen molar-refractivity contribution in [3.05, 3.63) is 106 Å². The van der Waals surface area contributed by atoms with Crippen LogP contribution in [-0.2, 0) is 13.1 Å². The van der Waals surface area contributed by atoms with Gasteiger partial charge in [-0.15, -0.1) is 0 Å². The first-order valence-electron chi connectivity index (χ1n) is 10.9. The van der Waals surface area contributed by atoms with E-state index < -0.39 is 0 Å². The summed E-state index contributed by atoms with van der Waals surface area (Å²) < 4.78 is 14.2. The van der Waals surface area contributed by atoms with E-state index in [0.29, 0.717) is 46.8 Å². The predicted octanol–water partition coefficient (Wildman–Crippen LogP) is 3.36. The third-order valence-electron chi connectivity index (χ3n) is 5.93. The SMILES string of the molecule is O=C(NCc1ccc2c(c1)OCO2)c1ccc2c(c1)c(=O)n(Cc1ccccc1)c1nccn21. The van der Waals surface area contributed by atoms with E-state index >= 15 is 0 Å². The van der Waals surface area contributed by atoms with Crippen LogP contribution in [0.5, 0.6) is 11.5 Å². The van der Waals surface area contributed by atoms with E-state index in [0.717, 1.165) is 11.1 Å². The molecule has 0 saturated heterocycles. The zero-order valence-corrected chi connectivity index (χ0v) is 18.1. The predicted molar refractivity (Wildman–Crippen MR) is 126 cm³/mol. The second kappa shape index (κ2) is 8.08. The van der Waals surface area contributed by atoms with Crippen LogP contribution in [-0.4, -0.2) is 26.7 Å². The lowest BCUT2D eigenvalue weighted by Gasteiger charge is -2.12. The summed E-state index contributed by atoms with van der Waals surface area (Å²) in [4.78, 5) is 30.8. The molecule has 34 heavy (non-hydrogen) atoms. The minimum atomic E-state index is -0.265. The molecule has 1 N–H and O–H groups in total. The number of hydrogen-bond acceptors (Lipinski definition) is 5. The fraction of sp³-hybridized carbons (Fsp3) is 0.115. The normalized spacial score (nSPS) is 12.4. The minimum Gasteiger partial charge on any atom is -0.454 e. The van der Waals surface area contributed by atoms with Gasteiger partial charge in [-0.1, -0.05) is 36.4 Å². The number of carbonyl (C=O) groups is 1. The quantitative estimate of drug-likeness (QED) is 0.442. The molecule has 1 aliphatic heterocycles. The first-order valence-corrected chi connectivity index (χ1v) is 10.9. The molecule has 0 spiro atoms. The molecule has 0 atom stereocenters. The number of imidazole rings is 1. The third-order valence-corrected chi connectivity index (χ3v) is 5.93. The van der Waals surface area contributed by atoms with Gasteiger partial charge in [0.2, 0.25) is 12.6 Å². The molecule has 1 aliphatic rings. The second-order valence-corrected chi connectivity index (χ2v) is 8.08. The Labute approximate surface area is 194 Å². The highest BCUT2D eigenvalue weighted by Gasteiger charge is 2.16. The van der Waals surface area contributed by atoms with Crippen LogP contribution in [0.1, 0.15) is 21.5 Å². The molecule has 3 heterocycles. The standard InChI is InChI=1S/C26H20N4O4/c31-24(28-14-18-6-9-22-23(12-18)34-16-33-22)19-7-8-21-20(13-19)25(32)30(26-27-10-11-29(21)26)15-17-4-2-1-3-5-17/h1-13H,14-16H2,(H,28,31). The molecule has 8 heteroatoms. The maximum absolute atomic E-state index is 13.5. The van der Waals surface area contributed by atoms with Crippen LogP contribution in [0.15, 0.2) is 83.9 Å². The summed E-state index contributed by atoms with van der Waals surface area (Å²) in [6.45, 7) is 0.914. The van der Waals surface area contributed by atoms with Crippen molar-refractivity contribution >= 4 is 22.6 Å². The van der Waals surface area contributed by atoms with Gasteiger partial charge in [0.1, 0.15) is 0 Å². The fourth-order valence-electron chi connectivity index (χ4n) is 4.22. The van der Waals surface area contributed by atoms with E-state index in [1.54, 1.807) is 29.0 Å². The van der Waals surface area contributed by atoms with Gasteiger partial charge >= 0.3 is 0 Å². The van der Waals surface area contributed by atoms with Crippen molar-refractivity contribution in [1.82, 2.24) is 19.3 Å². The van der Waals surface area contributed by atoms with Crippen LogP contribution >= 0.6 is 0 Å². The molecule has 0 fully saturated rings. The molecule has 3 aromatic carbocycles. The van der Waals surface area contributed by atoms with Crippen molar-refractivity contribution in [3.63, 3.8) is 0 Å². The molecule has 5 aromatic rings. The number of nitrogens with zero attached hydrogens (tertiary/aromatic N) is 3. The van der Waals surface area contributed by atoms with Crippen molar-refractivity contribution in [3.8, 4) is 11.5 Å². The van der Waals surface area contributed by atoms with Crippen molar-refractivity contribution in [2.75, 3.05) is 6.79 Å². The smallest absolute Gasteiger partial charge is 0.263 e. The Morgan fingerprint density at radius 3 is 2.71 bits per heavy atom. The fourth-order valence-corrected chi connectivity index (χ4v) is 4.22. The lowest BCUT2D eigenvalue weighted by molar-refractivity contribution is 0.0951. The Balaban J connectivity index is 1.33. The topological polar surface area (TPSA) is 86.9 Å². The van der Waals surface area contributed by atoms with E-state index in [1.807, 2.05) is 59.1 Å². The van der Waals surface area contributed by atoms with Crippen molar-refractivity contribution in [2.45, 2.75) is 13.1 Å². The van der Waals surface area contributed by atoms with Gasteiger partial charge in [0.25, 0.3) is 11.5 Å². The molecule has 6 rings (SSSR count). The summed E-state index contributed by atoms with van der Waals surface area (Å²) >= 11 is 0. The number of rotatable bonds is 5. The molecular weight excluding hydrogens is 432 g/mol. The monoisotopic (exact) mass is 452 g/mol. The largest absolute Gasteiger partial charge is 0.454 e. The minimum absolute atomic E-state index is 0.192. The number of benzene rings is 3. The lowest BCUT2D eigenvalue weighted by Crippen LogP contribution is -2.25. The molecule has 8 nitrogen and oxygen atoms in total. The summed E-state index contributed by atoms with van der Waals surface area (Å²) in [6.07, 6.45) is 3.49. The molecule has 168 valence electrons. The number of nitrogens with one attached hydrogen (secondary N) is 1. The van der Waals surface area contributed by atoms with E-state index in [2.05, 4.69) is 10.3 Å². The van der Waals surface area contributed by atoms with Gasteiger partial charge in [-0.2, -0.15) is 0 Å². The van der Waals surface area contributed by atoms with Gasteiger partial charge in [-0.3, -0.25) is 18.6 Å². The summed E-state index contributed by atoms with van der Waals surface area (Å²) in [5, 5.41) is 3.37. The van der Waals surface area contributed by atoms with Crippen LogP contribution < -0.4 is 20.3 Å². The Kier molecular flexibility index (Phi) is 4.76. The summed E-state index contributed by atoms with van der Waals surface area (Å²) in [5.74, 6) is 1.66. The van der Waals surface area contributed by atoms with Crippen LogP contribution in [0.25, 0.3) is 16.7 Å². The van der Waals surface area contributed by atoms with Gasteiger partial charge in [-0.05, 0) is 41.5 Å². The number of carbonyl (C=O) groups excluding carboxylic acids is 1. The Morgan fingerprint density at radius 2 is 1.82 bits per heavy atom. The molecule has 0 unspecified atom stereocenters. The molecule has 0 radical (unpaired) electrons. The maximum Gasteiger partial charge on any atom is 0.263 e. The average molecular weight is 452 g/mol. The van der Waals surface area contributed by atoms with Crippen molar-refractivity contribution in [1.29, 1.82) is 0 Å². The van der Waals surface area contributed by atoms with Crippen molar-refractivity contribution in [2.24, 2.45) is 0 Å². The zero-order valence-electron chi connectivity index (χ0n) is 18.1. The van der Waals surface area contributed by atoms with Crippen LogP contribution in [0.3, 0.4) is 0 Å². The van der Waals surface area contributed by atoms with Gasteiger partial charge in [0.15, 0.2) is 11.5 Å². The van der Waals surface area contributed by atoms with Crippen LogP contribution in [0.4, 0.5) is 0 Å². The number of amides is 1. The number of ether oxygens (including phenoxy) is 2. The van der Waals surface area contributed by atoms with E-state index in [1.165, 1.54) is 0 Å². The van der Waals surface area contributed by atoms with E-state index in [-0.39, 0.29) is 18.3 Å². The molecule has 2 aromatic heterocycles. The zero-order chi connectivity index (χ0) is 23.1. The number of aromatic nitrogens is 3. The molecular formula is C26H20N4O4. The lowest BCUT2D eigenvalue weighted by atomic mass is 10.1. The highest BCUT2D eigenvalue weighted by molar-refractivity contribution is 5.98. The summed E-state index contributed by atoms with van der Waals surface area (Å²) in [5.41, 5.74) is 2.81. The van der Waals surface area contributed by atoms with Crippen LogP contribution in [0.2, 0.25) is 0 Å². The first kappa shape index (κ1) is 20.0. The second-order valence-electron chi connectivity index (χ2n) is 8.08. The van der Waals surface area contributed by atoms with Gasteiger partial charge in [0.05, 0.1) is 17.4 Å². The maximum atomic E-state index is 13.5. The molecule has 0 saturated carbocycles. The first-order chi connectivity index (χ1) is 16.7. The summed E-state index contributed by atoms with van der Waals surface area (Å²) in [7, 11) is 0. The third kappa shape index (κ3) is 3.45. The highest BCUT2D eigenvalue weighted by Crippen LogP contribution is 2.32. The van der Waals surface area contributed by atoms with Gasteiger partial charge in [0, 0.05) is 24.5 Å². The van der Waals surface area contributed by atoms with Crippen LogP contribution in [0, 0.1) is 0 Å². The highest BCUT2D eigenvalue weighted by atomic mass is 16.7. The number of fused-ring (bicyclic) bond motifs is 4. The van der Waals surface area contributed by atoms with Gasteiger partial charge < -0.3 is 14.8 Å².